The minimum absolute atomic E-state index is 0.144. The summed E-state index contributed by atoms with van der Waals surface area (Å²) >= 11 is 6.08. The molecule has 0 spiro atoms. The van der Waals surface area contributed by atoms with Gasteiger partial charge in [-0.3, -0.25) is 19.6 Å². The topological polar surface area (TPSA) is 56.7 Å². The number of piperazine rings is 1. The van der Waals surface area contributed by atoms with Gasteiger partial charge in [0.2, 0.25) is 0 Å². The fourth-order valence-corrected chi connectivity index (χ4v) is 3.41. The van der Waals surface area contributed by atoms with Crippen LogP contribution in [0.25, 0.3) is 0 Å². The number of hydrogen-bond donors (Lipinski definition) is 1. The van der Waals surface area contributed by atoms with Crippen LogP contribution in [0.2, 0.25) is 5.02 Å². The minimum Gasteiger partial charge on any atom is -0.480 e. The fraction of sp³-hybridized carbons (Fsp3) is 0.333. The molecule has 0 saturated carbocycles. The standard InChI is InChI=1S/C18H19ClFN3O2/c19-16-10-14(20)3-4-15(16)17(18(24)25)23-8-6-22(7-9-23)12-13-2-1-5-21-11-13/h1-5,10-11,17H,6-9,12H2,(H,24,25). The van der Waals surface area contributed by atoms with E-state index in [1.165, 1.54) is 12.1 Å². The lowest BCUT2D eigenvalue weighted by molar-refractivity contribution is -0.144. The Kier molecular flexibility index (Phi) is 5.63. The summed E-state index contributed by atoms with van der Waals surface area (Å²) in [6.45, 7) is 3.49. The van der Waals surface area contributed by atoms with E-state index in [9.17, 15) is 14.3 Å². The van der Waals surface area contributed by atoms with Gasteiger partial charge in [0.15, 0.2) is 0 Å². The van der Waals surface area contributed by atoms with Crippen LogP contribution in [-0.4, -0.2) is 52.0 Å². The number of nitrogens with zero attached hydrogens (tertiary/aromatic N) is 3. The van der Waals surface area contributed by atoms with E-state index >= 15 is 0 Å². The molecule has 1 unspecified atom stereocenters. The average molecular weight is 364 g/mol. The zero-order valence-corrected chi connectivity index (χ0v) is 14.4. The van der Waals surface area contributed by atoms with Crippen LogP contribution in [0.5, 0.6) is 0 Å². The Hall–Kier alpha value is -2.02. The third-order valence-electron chi connectivity index (χ3n) is 4.39. The van der Waals surface area contributed by atoms with Gasteiger partial charge in [-0.1, -0.05) is 23.7 Å². The normalized spacial score (nSPS) is 17.4. The van der Waals surface area contributed by atoms with Crippen molar-refractivity contribution < 1.29 is 14.3 Å². The van der Waals surface area contributed by atoms with Crippen LogP contribution in [-0.2, 0) is 11.3 Å². The summed E-state index contributed by atoms with van der Waals surface area (Å²) < 4.78 is 13.3. The summed E-state index contributed by atoms with van der Waals surface area (Å²) in [4.78, 5) is 20.0. The first-order chi connectivity index (χ1) is 12.0. The Bertz CT molecular complexity index is 736. The largest absolute Gasteiger partial charge is 0.480 e. The second-order valence-electron chi connectivity index (χ2n) is 6.08. The zero-order chi connectivity index (χ0) is 17.8. The van der Waals surface area contributed by atoms with Crippen LogP contribution in [0, 0.1) is 5.82 Å². The third kappa shape index (κ3) is 4.34. The van der Waals surface area contributed by atoms with Crippen LogP contribution in [0.15, 0.2) is 42.7 Å². The van der Waals surface area contributed by atoms with Crippen molar-refractivity contribution in [2.24, 2.45) is 0 Å². The van der Waals surface area contributed by atoms with Gasteiger partial charge >= 0.3 is 5.97 Å². The molecule has 2 heterocycles. The maximum Gasteiger partial charge on any atom is 0.325 e. The van der Waals surface area contributed by atoms with Gasteiger partial charge in [-0.15, -0.1) is 0 Å². The molecule has 0 bridgehead atoms. The molecule has 1 aliphatic rings. The number of pyridine rings is 1. The Morgan fingerprint density at radius 1 is 1.28 bits per heavy atom. The second kappa shape index (κ2) is 7.91. The van der Waals surface area contributed by atoms with Crippen molar-refractivity contribution in [1.29, 1.82) is 0 Å². The fourth-order valence-electron chi connectivity index (χ4n) is 3.14. The van der Waals surface area contributed by atoms with Crippen LogP contribution in [0.1, 0.15) is 17.2 Å². The first-order valence-electron chi connectivity index (χ1n) is 8.07. The molecule has 1 atom stereocenters. The third-order valence-corrected chi connectivity index (χ3v) is 4.72. The van der Waals surface area contributed by atoms with Crippen molar-refractivity contribution >= 4 is 17.6 Å². The highest BCUT2D eigenvalue weighted by atomic mass is 35.5. The number of carboxylic acid groups (broad SMARTS) is 1. The Morgan fingerprint density at radius 2 is 2.04 bits per heavy atom. The quantitative estimate of drug-likeness (QED) is 0.885. The number of halogens is 2. The van der Waals surface area contributed by atoms with E-state index in [0.717, 1.165) is 31.3 Å². The number of carbonyl (C=O) groups is 1. The summed E-state index contributed by atoms with van der Waals surface area (Å²) in [5.41, 5.74) is 1.56. The molecule has 3 rings (SSSR count). The molecule has 1 aliphatic heterocycles. The molecule has 7 heteroatoms. The number of hydrogen-bond acceptors (Lipinski definition) is 4. The maximum atomic E-state index is 13.3. The van der Waals surface area contributed by atoms with Gasteiger partial charge in [0.25, 0.3) is 0 Å². The summed E-state index contributed by atoms with van der Waals surface area (Å²) in [5, 5.41) is 9.80. The van der Waals surface area contributed by atoms with Gasteiger partial charge in [0, 0.05) is 50.1 Å². The first kappa shape index (κ1) is 17.8. The van der Waals surface area contributed by atoms with Crippen molar-refractivity contribution in [2.45, 2.75) is 12.6 Å². The van der Waals surface area contributed by atoms with E-state index < -0.39 is 17.8 Å². The number of carboxylic acids is 1. The molecule has 25 heavy (non-hydrogen) atoms. The van der Waals surface area contributed by atoms with Crippen molar-refractivity contribution in [3.63, 3.8) is 0 Å². The lowest BCUT2D eigenvalue weighted by Gasteiger charge is -2.38. The Balaban J connectivity index is 1.68. The van der Waals surface area contributed by atoms with E-state index in [1.54, 1.807) is 6.20 Å². The second-order valence-corrected chi connectivity index (χ2v) is 6.49. The van der Waals surface area contributed by atoms with Gasteiger partial charge in [-0.05, 0) is 29.3 Å². The highest BCUT2D eigenvalue weighted by Crippen LogP contribution is 2.29. The summed E-state index contributed by atoms with van der Waals surface area (Å²) in [7, 11) is 0. The van der Waals surface area contributed by atoms with E-state index in [1.807, 2.05) is 23.2 Å². The molecule has 132 valence electrons. The van der Waals surface area contributed by atoms with Crippen LogP contribution >= 0.6 is 11.6 Å². The first-order valence-corrected chi connectivity index (χ1v) is 8.45. The van der Waals surface area contributed by atoms with Gasteiger partial charge in [-0.25, -0.2) is 4.39 Å². The molecular formula is C18H19ClFN3O2. The number of rotatable bonds is 5. The molecule has 1 aromatic carbocycles. The van der Waals surface area contributed by atoms with Gasteiger partial charge in [0.1, 0.15) is 11.9 Å². The van der Waals surface area contributed by atoms with Crippen LogP contribution in [0.3, 0.4) is 0 Å². The van der Waals surface area contributed by atoms with Crippen molar-refractivity contribution in [2.75, 3.05) is 26.2 Å². The molecule has 2 aromatic rings. The summed E-state index contributed by atoms with van der Waals surface area (Å²) in [6, 6.07) is 6.92. The predicted molar refractivity (Wildman–Crippen MR) is 92.9 cm³/mol. The SMILES string of the molecule is O=C(O)C(c1ccc(F)cc1Cl)N1CCN(Cc2cccnc2)CC1. The smallest absolute Gasteiger partial charge is 0.325 e. The molecule has 5 nitrogen and oxygen atoms in total. The molecule has 0 amide bonds. The van der Waals surface area contributed by atoms with Crippen molar-refractivity contribution in [1.82, 2.24) is 14.8 Å². The monoisotopic (exact) mass is 363 g/mol. The van der Waals surface area contributed by atoms with E-state index in [0.29, 0.717) is 18.7 Å². The van der Waals surface area contributed by atoms with Crippen LogP contribution in [0.4, 0.5) is 4.39 Å². The maximum absolute atomic E-state index is 13.3. The average Bonchev–Trinajstić information content (AvgIpc) is 2.59. The van der Waals surface area contributed by atoms with Gasteiger partial charge < -0.3 is 5.11 Å². The minimum atomic E-state index is -0.978. The molecular weight excluding hydrogens is 345 g/mol. The van der Waals surface area contributed by atoms with E-state index in [4.69, 9.17) is 11.6 Å². The molecule has 1 fully saturated rings. The van der Waals surface area contributed by atoms with Gasteiger partial charge in [0.05, 0.1) is 0 Å². The molecule has 1 saturated heterocycles. The predicted octanol–water partition coefficient (Wildman–Crippen LogP) is 2.82. The van der Waals surface area contributed by atoms with E-state index in [2.05, 4.69) is 9.88 Å². The Labute approximate surface area is 150 Å². The summed E-state index contributed by atoms with van der Waals surface area (Å²) in [6.07, 6.45) is 3.58. The van der Waals surface area contributed by atoms with Crippen molar-refractivity contribution in [3.8, 4) is 0 Å². The van der Waals surface area contributed by atoms with Crippen molar-refractivity contribution in [3.05, 3.63) is 64.7 Å². The van der Waals surface area contributed by atoms with E-state index in [-0.39, 0.29) is 5.02 Å². The summed E-state index contributed by atoms with van der Waals surface area (Å²) in [5.74, 6) is -1.45. The highest BCUT2D eigenvalue weighted by Gasteiger charge is 2.31. The number of aliphatic carboxylic acids is 1. The highest BCUT2D eigenvalue weighted by molar-refractivity contribution is 6.31. The zero-order valence-electron chi connectivity index (χ0n) is 13.6. The molecule has 1 N–H and O–H groups in total. The number of aromatic nitrogens is 1. The lowest BCUT2D eigenvalue weighted by Crippen LogP contribution is -2.48. The molecule has 0 radical (unpaired) electrons. The molecule has 0 aliphatic carbocycles. The molecule has 1 aromatic heterocycles. The lowest BCUT2D eigenvalue weighted by atomic mass is 10.0. The van der Waals surface area contributed by atoms with Crippen LogP contribution < -0.4 is 0 Å². The number of benzene rings is 1. The van der Waals surface area contributed by atoms with Gasteiger partial charge in [-0.2, -0.15) is 0 Å². The Morgan fingerprint density at radius 3 is 2.64 bits per heavy atom.